The van der Waals surface area contributed by atoms with E-state index in [4.69, 9.17) is 15.6 Å². The highest BCUT2D eigenvalue weighted by Crippen LogP contribution is 2.18. The van der Waals surface area contributed by atoms with Gasteiger partial charge in [0, 0.05) is 44.2 Å². The number of carbonyl (C=O) groups is 1. The number of hydrogen-bond acceptors (Lipinski definition) is 6. The van der Waals surface area contributed by atoms with E-state index in [1.165, 1.54) is 0 Å². The number of nitrogens with two attached hydrogens (primary N) is 1. The van der Waals surface area contributed by atoms with Gasteiger partial charge in [0.2, 0.25) is 10.0 Å². The molecule has 0 radical (unpaired) electrons. The molecule has 0 fully saturated rings. The zero-order chi connectivity index (χ0) is 22.1. The Morgan fingerprint density at radius 1 is 1.17 bits per heavy atom. The van der Waals surface area contributed by atoms with Crippen molar-refractivity contribution in [1.82, 2.24) is 19.3 Å². The first-order valence-electron chi connectivity index (χ1n) is 9.18. The molecule has 3 rings (SSSR count). The Morgan fingerprint density at radius 2 is 1.83 bits per heavy atom. The van der Waals surface area contributed by atoms with Crippen LogP contribution in [-0.2, 0) is 21.4 Å². The number of aliphatic carboxylic acids is 1. The summed E-state index contributed by atoms with van der Waals surface area (Å²) in [6.45, 7) is 3.98. The molecule has 2 heterocycles. The highest BCUT2D eigenvalue weighted by atomic mass is 32.2. The van der Waals surface area contributed by atoms with Crippen molar-refractivity contribution in [1.29, 1.82) is 0 Å². The van der Waals surface area contributed by atoms with Gasteiger partial charge in [0.15, 0.2) is 0 Å². The highest BCUT2D eigenvalue weighted by Gasteiger charge is 2.13. The SMILES string of the molecule is CC(=O)O.Cc1ccc(S(=O)(=O)NCCCn2ccnc2-c2ccnc(N)c2)cc1. The molecular formula is C20H25N5O4S. The largest absolute Gasteiger partial charge is 0.481 e. The van der Waals surface area contributed by atoms with E-state index in [0.717, 1.165) is 23.9 Å². The molecule has 0 amide bonds. The lowest BCUT2D eigenvalue weighted by Crippen LogP contribution is -2.25. The molecule has 30 heavy (non-hydrogen) atoms. The summed E-state index contributed by atoms with van der Waals surface area (Å²) in [5.41, 5.74) is 7.62. The maximum Gasteiger partial charge on any atom is 0.300 e. The summed E-state index contributed by atoms with van der Waals surface area (Å²) in [6.07, 6.45) is 5.84. The number of carboxylic acids is 1. The number of sulfonamides is 1. The molecule has 160 valence electrons. The Balaban J connectivity index is 0.000000735. The van der Waals surface area contributed by atoms with E-state index < -0.39 is 16.0 Å². The van der Waals surface area contributed by atoms with Gasteiger partial charge in [-0.05, 0) is 37.6 Å². The van der Waals surface area contributed by atoms with Gasteiger partial charge in [-0.15, -0.1) is 0 Å². The molecular weight excluding hydrogens is 406 g/mol. The molecule has 0 spiro atoms. The van der Waals surface area contributed by atoms with Crippen LogP contribution in [0.15, 0.2) is 59.9 Å². The van der Waals surface area contributed by atoms with Crippen LogP contribution in [0.1, 0.15) is 18.9 Å². The Morgan fingerprint density at radius 3 is 2.47 bits per heavy atom. The quantitative estimate of drug-likeness (QED) is 0.488. The fourth-order valence-electron chi connectivity index (χ4n) is 2.59. The number of carboxylic acid groups (broad SMARTS) is 1. The highest BCUT2D eigenvalue weighted by molar-refractivity contribution is 7.89. The van der Waals surface area contributed by atoms with Crippen molar-refractivity contribution in [2.45, 2.75) is 31.7 Å². The minimum absolute atomic E-state index is 0.277. The number of nitrogens with one attached hydrogen (secondary N) is 1. The van der Waals surface area contributed by atoms with Gasteiger partial charge in [0.1, 0.15) is 11.6 Å². The molecule has 0 saturated heterocycles. The van der Waals surface area contributed by atoms with E-state index in [1.54, 1.807) is 42.7 Å². The van der Waals surface area contributed by atoms with Gasteiger partial charge in [-0.2, -0.15) is 0 Å². The molecule has 0 aliphatic rings. The third-order valence-electron chi connectivity index (χ3n) is 3.95. The predicted molar refractivity (Wildman–Crippen MR) is 114 cm³/mol. The number of nitrogens with zero attached hydrogens (tertiary/aromatic N) is 3. The average molecular weight is 432 g/mol. The van der Waals surface area contributed by atoms with Crippen LogP contribution < -0.4 is 10.5 Å². The van der Waals surface area contributed by atoms with E-state index in [-0.39, 0.29) is 4.90 Å². The zero-order valence-corrected chi connectivity index (χ0v) is 17.6. The maximum absolute atomic E-state index is 12.3. The topological polar surface area (TPSA) is 140 Å². The van der Waals surface area contributed by atoms with Crippen LogP contribution in [-0.4, -0.2) is 40.6 Å². The number of hydrogen-bond donors (Lipinski definition) is 3. The van der Waals surface area contributed by atoms with Crippen LogP contribution in [0.4, 0.5) is 5.82 Å². The van der Waals surface area contributed by atoms with Gasteiger partial charge in [0.05, 0.1) is 4.90 Å². The third kappa shape index (κ3) is 6.98. The molecule has 4 N–H and O–H groups in total. The van der Waals surface area contributed by atoms with Gasteiger partial charge in [-0.3, -0.25) is 4.79 Å². The Hall–Kier alpha value is -3.24. The van der Waals surface area contributed by atoms with Crippen LogP contribution in [0, 0.1) is 6.92 Å². The van der Waals surface area contributed by atoms with Gasteiger partial charge in [-0.25, -0.2) is 23.1 Å². The summed E-state index contributed by atoms with van der Waals surface area (Å²) in [5.74, 6) is 0.378. The number of benzene rings is 1. The second-order valence-corrected chi connectivity index (χ2v) is 8.26. The third-order valence-corrected chi connectivity index (χ3v) is 5.43. The summed E-state index contributed by atoms with van der Waals surface area (Å²) in [4.78, 5) is 17.6. The van der Waals surface area contributed by atoms with Crippen molar-refractivity contribution >= 4 is 21.8 Å². The van der Waals surface area contributed by atoms with Crippen molar-refractivity contribution in [3.63, 3.8) is 0 Å². The van der Waals surface area contributed by atoms with Crippen molar-refractivity contribution in [2.24, 2.45) is 0 Å². The standard InChI is InChI=1S/C18H21N5O2S.C2H4O2/c1-14-3-5-16(6-4-14)26(24,25)22-8-2-11-23-12-10-21-18(23)15-7-9-20-17(19)13-15;1-2(3)4/h3-7,9-10,12-13,22H,2,8,11H2,1H3,(H2,19,20);1H3,(H,3,4). The zero-order valence-electron chi connectivity index (χ0n) is 16.8. The van der Waals surface area contributed by atoms with Crippen LogP contribution in [0.2, 0.25) is 0 Å². The van der Waals surface area contributed by atoms with E-state index >= 15 is 0 Å². The number of nitrogen functional groups attached to an aromatic ring is 1. The molecule has 10 heteroatoms. The van der Waals surface area contributed by atoms with Gasteiger partial charge in [0.25, 0.3) is 5.97 Å². The maximum atomic E-state index is 12.3. The van der Waals surface area contributed by atoms with Gasteiger partial charge >= 0.3 is 0 Å². The Kier molecular flexibility index (Phi) is 8.07. The lowest BCUT2D eigenvalue weighted by Gasteiger charge is -2.10. The van der Waals surface area contributed by atoms with Crippen molar-refractivity contribution < 1.29 is 18.3 Å². The number of anilines is 1. The van der Waals surface area contributed by atoms with Crippen LogP contribution in [0.25, 0.3) is 11.4 Å². The molecule has 0 atom stereocenters. The molecule has 9 nitrogen and oxygen atoms in total. The number of pyridine rings is 1. The minimum Gasteiger partial charge on any atom is -0.481 e. The lowest BCUT2D eigenvalue weighted by molar-refractivity contribution is -0.134. The van der Waals surface area contributed by atoms with Crippen molar-refractivity contribution in [2.75, 3.05) is 12.3 Å². The second kappa shape index (κ2) is 10.5. The first-order valence-corrected chi connectivity index (χ1v) is 10.7. The first-order chi connectivity index (χ1) is 14.2. The number of imidazole rings is 1. The van der Waals surface area contributed by atoms with Gasteiger partial charge < -0.3 is 15.4 Å². The number of aromatic nitrogens is 3. The summed E-state index contributed by atoms with van der Waals surface area (Å²) in [7, 11) is -3.49. The molecule has 0 unspecified atom stereocenters. The van der Waals surface area contributed by atoms with E-state index in [2.05, 4.69) is 14.7 Å². The van der Waals surface area contributed by atoms with E-state index in [0.29, 0.717) is 25.3 Å². The van der Waals surface area contributed by atoms with Crippen molar-refractivity contribution in [3.05, 3.63) is 60.6 Å². The Bertz CT molecular complexity index is 1070. The monoisotopic (exact) mass is 431 g/mol. The smallest absolute Gasteiger partial charge is 0.300 e. The fourth-order valence-corrected chi connectivity index (χ4v) is 3.67. The molecule has 0 bridgehead atoms. The summed E-state index contributed by atoms with van der Waals surface area (Å²) in [6, 6.07) is 10.4. The normalized spacial score (nSPS) is 10.9. The summed E-state index contributed by atoms with van der Waals surface area (Å²) >= 11 is 0. The fraction of sp³-hybridized carbons (Fsp3) is 0.250. The minimum atomic E-state index is -3.49. The average Bonchev–Trinajstić information content (AvgIpc) is 3.14. The molecule has 0 aliphatic heterocycles. The molecule has 3 aromatic rings. The Labute approximate surface area is 175 Å². The van der Waals surface area contributed by atoms with Gasteiger partial charge in [-0.1, -0.05) is 17.7 Å². The van der Waals surface area contributed by atoms with Crippen LogP contribution >= 0.6 is 0 Å². The molecule has 0 aliphatic carbocycles. The van der Waals surface area contributed by atoms with Crippen LogP contribution in [0.5, 0.6) is 0 Å². The van der Waals surface area contributed by atoms with Crippen molar-refractivity contribution in [3.8, 4) is 11.4 Å². The number of aryl methyl sites for hydroxylation is 2. The number of rotatable bonds is 7. The van der Waals surface area contributed by atoms with E-state index in [9.17, 15) is 8.42 Å². The second-order valence-electron chi connectivity index (χ2n) is 6.50. The predicted octanol–water partition coefficient (Wildman–Crippen LogP) is 2.30. The van der Waals surface area contributed by atoms with E-state index in [1.807, 2.05) is 23.8 Å². The lowest BCUT2D eigenvalue weighted by atomic mass is 10.2. The molecule has 1 aromatic carbocycles. The van der Waals surface area contributed by atoms with Crippen LogP contribution in [0.3, 0.4) is 0 Å². The molecule has 2 aromatic heterocycles. The summed E-state index contributed by atoms with van der Waals surface area (Å²) in [5, 5.41) is 7.42. The first kappa shape index (κ1) is 23.0. The molecule has 0 saturated carbocycles. The summed E-state index contributed by atoms with van der Waals surface area (Å²) < 4.78 is 29.2.